The standard InChI is InChI=1S/C26H22N6O4/c1-26(18-9-6-12-20(14-18)36-2)24(34)32(25(35)28-26)30-23(33)21-16-31(19-10-4-3-5-11-19)29-22(21)17-8-7-13-27-15-17/h3-16H,1-2H3,(H,28,35)(H,30,33). The van der Waals surface area contributed by atoms with Gasteiger partial charge in [-0.05, 0) is 48.9 Å². The summed E-state index contributed by atoms with van der Waals surface area (Å²) in [5, 5.41) is 7.94. The number of hydrogen-bond donors (Lipinski definition) is 2. The second-order valence-corrected chi connectivity index (χ2v) is 8.28. The molecule has 2 N–H and O–H groups in total. The highest BCUT2D eigenvalue weighted by Gasteiger charge is 2.50. The summed E-state index contributed by atoms with van der Waals surface area (Å²) >= 11 is 0. The first-order valence-corrected chi connectivity index (χ1v) is 11.1. The van der Waals surface area contributed by atoms with Crippen molar-refractivity contribution in [2.24, 2.45) is 0 Å². The van der Waals surface area contributed by atoms with E-state index in [2.05, 4.69) is 20.8 Å². The minimum absolute atomic E-state index is 0.169. The molecule has 1 saturated heterocycles. The third-order valence-corrected chi connectivity index (χ3v) is 5.97. The smallest absolute Gasteiger partial charge is 0.344 e. The third kappa shape index (κ3) is 3.94. The van der Waals surface area contributed by atoms with Gasteiger partial charge in [0.05, 0.1) is 18.4 Å². The molecule has 2 aromatic carbocycles. The fourth-order valence-electron chi connectivity index (χ4n) is 4.00. The van der Waals surface area contributed by atoms with E-state index < -0.39 is 23.4 Å². The molecule has 2 aromatic heterocycles. The largest absolute Gasteiger partial charge is 0.497 e. The number of imide groups is 1. The van der Waals surface area contributed by atoms with Crippen LogP contribution < -0.4 is 15.5 Å². The maximum Gasteiger partial charge on any atom is 0.344 e. The van der Waals surface area contributed by atoms with Gasteiger partial charge in [0, 0.05) is 24.2 Å². The van der Waals surface area contributed by atoms with Crippen LogP contribution in [-0.2, 0) is 10.3 Å². The summed E-state index contributed by atoms with van der Waals surface area (Å²) in [6.45, 7) is 1.57. The molecule has 10 nitrogen and oxygen atoms in total. The molecule has 0 spiro atoms. The Bertz CT molecular complexity index is 1450. The number of carbonyl (C=O) groups is 3. The van der Waals surface area contributed by atoms with Crippen molar-refractivity contribution in [3.8, 4) is 22.7 Å². The van der Waals surface area contributed by atoms with Gasteiger partial charge in [-0.25, -0.2) is 9.48 Å². The van der Waals surface area contributed by atoms with Crippen LogP contribution in [0.3, 0.4) is 0 Å². The number of rotatable bonds is 6. The first-order valence-electron chi connectivity index (χ1n) is 11.1. The topological polar surface area (TPSA) is 118 Å². The van der Waals surface area contributed by atoms with Crippen molar-refractivity contribution in [3.05, 3.63) is 96.4 Å². The third-order valence-electron chi connectivity index (χ3n) is 5.97. The number of amides is 4. The van der Waals surface area contributed by atoms with Gasteiger partial charge in [-0.2, -0.15) is 10.1 Å². The van der Waals surface area contributed by atoms with E-state index in [1.54, 1.807) is 66.6 Å². The van der Waals surface area contributed by atoms with Gasteiger partial charge in [-0.1, -0.05) is 30.3 Å². The second kappa shape index (κ2) is 8.99. The Morgan fingerprint density at radius 2 is 1.86 bits per heavy atom. The van der Waals surface area contributed by atoms with Crippen LogP contribution in [0.25, 0.3) is 16.9 Å². The van der Waals surface area contributed by atoms with E-state index >= 15 is 0 Å². The number of carbonyl (C=O) groups excluding carboxylic acids is 3. The molecule has 1 aliphatic heterocycles. The molecule has 10 heteroatoms. The highest BCUT2D eigenvalue weighted by Crippen LogP contribution is 2.30. The number of pyridine rings is 1. The van der Waals surface area contributed by atoms with Crippen molar-refractivity contribution >= 4 is 17.8 Å². The van der Waals surface area contributed by atoms with Gasteiger partial charge in [-0.15, -0.1) is 0 Å². The maximum absolute atomic E-state index is 13.4. The summed E-state index contributed by atoms with van der Waals surface area (Å²) in [4.78, 5) is 43.7. The summed E-state index contributed by atoms with van der Waals surface area (Å²) in [6.07, 6.45) is 4.75. The molecule has 36 heavy (non-hydrogen) atoms. The molecule has 3 heterocycles. The van der Waals surface area contributed by atoms with Crippen molar-refractivity contribution in [2.75, 3.05) is 7.11 Å². The lowest BCUT2D eigenvalue weighted by molar-refractivity contribution is -0.132. The molecule has 1 aliphatic rings. The van der Waals surface area contributed by atoms with Crippen LogP contribution in [0, 0.1) is 0 Å². The minimum Gasteiger partial charge on any atom is -0.497 e. The number of aromatic nitrogens is 3. The van der Waals surface area contributed by atoms with Crippen LogP contribution in [0.5, 0.6) is 5.75 Å². The van der Waals surface area contributed by atoms with Crippen molar-refractivity contribution in [1.82, 2.24) is 30.5 Å². The Labute approximate surface area is 206 Å². The molecule has 0 radical (unpaired) electrons. The van der Waals surface area contributed by atoms with Crippen molar-refractivity contribution < 1.29 is 19.1 Å². The zero-order valence-corrected chi connectivity index (χ0v) is 19.5. The van der Waals surface area contributed by atoms with Crippen LogP contribution in [0.15, 0.2) is 85.3 Å². The molecular weight excluding hydrogens is 460 g/mol. The van der Waals surface area contributed by atoms with E-state index in [-0.39, 0.29) is 5.56 Å². The molecule has 0 saturated carbocycles. The lowest BCUT2D eigenvalue weighted by Gasteiger charge is -2.22. The number of nitrogens with one attached hydrogen (secondary N) is 2. The fourth-order valence-corrected chi connectivity index (χ4v) is 4.00. The summed E-state index contributed by atoms with van der Waals surface area (Å²) in [7, 11) is 1.51. The average Bonchev–Trinajstić information content (AvgIpc) is 3.46. The highest BCUT2D eigenvalue weighted by atomic mass is 16.5. The van der Waals surface area contributed by atoms with Crippen LogP contribution >= 0.6 is 0 Å². The number of methoxy groups -OCH3 is 1. The maximum atomic E-state index is 13.4. The number of hydrogen-bond acceptors (Lipinski definition) is 6. The highest BCUT2D eigenvalue weighted by molar-refractivity contribution is 6.10. The minimum atomic E-state index is -1.39. The number of hydrazine groups is 1. The molecule has 0 bridgehead atoms. The first kappa shape index (κ1) is 22.8. The fraction of sp³-hybridized carbons (Fsp3) is 0.115. The number of nitrogens with zero attached hydrogens (tertiary/aromatic N) is 4. The van der Waals surface area contributed by atoms with Crippen LogP contribution in [-0.4, -0.2) is 44.7 Å². The summed E-state index contributed by atoms with van der Waals surface area (Å²) in [6, 6.07) is 18.8. The Balaban J connectivity index is 1.47. The van der Waals surface area contributed by atoms with Gasteiger partial charge in [-0.3, -0.25) is 20.0 Å². The Morgan fingerprint density at radius 3 is 2.58 bits per heavy atom. The summed E-state index contributed by atoms with van der Waals surface area (Å²) in [5.41, 5.74) is 3.45. The quantitative estimate of drug-likeness (QED) is 0.408. The monoisotopic (exact) mass is 482 g/mol. The molecule has 0 aliphatic carbocycles. The van der Waals surface area contributed by atoms with Crippen molar-refractivity contribution in [2.45, 2.75) is 12.5 Å². The normalized spacial score (nSPS) is 17.1. The molecule has 1 atom stereocenters. The molecule has 1 unspecified atom stereocenters. The Kier molecular flexibility index (Phi) is 5.69. The molecular formula is C26H22N6O4. The van der Waals surface area contributed by atoms with Crippen molar-refractivity contribution in [3.63, 3.8) is 0 Å². The van der Waals surface area contributed by atoms with Gasteiger partial charge in [0.15, 0.2) is 0 Å². The number of benzene rings is 2. The first-order chi connectivity index (χ1) is 17.4. The summed E-state index contributed by atoms with van der Waals surface area (Å²) < 4.78 is 6.80. The predicted octanol–water partition coefficient (Wildman–Crippen LogP) is 3.05. The van der Waals surface area contributed by atoms with E-state index in [0.717, 1.165) is 5.69 Å². The Morgan fingerprint density at radius 1 is 1.06 bits per heavy atom. The van der Waals surface area contributed by atoms with E-state index in [9.17, 15) is 14.4 Å². The Hall–Kier alpha value is -4.99. The lowest BCUT2D eigenvalue weighted by Crippen LogP contribution is -2.48. The average molecular weight is 483 g/mol. The van der Waals surface area contributed by atoms with Crippen molar-refractivity contribution in [1.29, 1.82) is 0 Å². The zero-order chi connectivity index (χ0) is 25.3. The van der Waals surface area contributed by atoms with Gasteiger partial charge >= 0.3 is 6.03 Å². The van der Waals surface area contributed by atoms with Gasteiger partial charge in [0.2, 0.25) is 0 Å². The second-order valence-electron chi connectivity index (χ2n) is 8.28. The van der Waals surface area contributed by atoms with Crippen LogP contribution in [0.4, 0.5) is 4.79 Å². The molecule has 4 aromatic rings. The summed E-state index contributed by atoms with van der Waals surface area (Å²) in [5.74, 6) is -0.769. The van der Waals surface area contributed by atoms with E-state index in [1.807, 2.05) is 30.3 Å². The predicted molar refractivity (Wildman–Crippen MR) is 130 cm³/mol. The van der Waals surface area contributed by atoms with Gasteiger partial charge in [0.25, 0.3) is 11.8 Å². The zero-order valence-electron chi connectivity index (χ0n) is 19.5. The van der Waals surface area contributed by atoms with Gasteiger partial charge < -0.3 is 10.1 Å². The molecule has 1 fully saturated rings. The van der Waals surface area contributed by atoms with Crippen LogP contribution in [0.1, 0.15) is 22.8 Å². The van der Waals surface area contributed by atoms with E-state index in [0.29, 0.717) is 27.6 Å². The molecule has 4 amide bonds. The number of ether oxygens (including phenoxy) is 1. The van der Waals surface area contributed by atoms with Gasteiger partial charge in [0.1, 0.15) is 17.0 Å². The molecule has 5 rings (SSSR count). The number of urea groups is 1. The molecule has 180 valence electrons. The SMILES string of the molecule is COc1cccc(C2(C)NC(=O)N(NC(=O)c3cn(-c4ccccc4)nc3-c3cccnc3)C2=O)c1. The van der Waals surface area contributed by atoms with E-state index in [4.69, 9.17) is 4.74 Å². The van der Waals surface area contributed by atoms with Crippen LogP contribution in [0.2, 0.25) is 0 Å². The number of para-hydroxylation sites is 1. The van der Waals surface area contributed by atoms with E-state index in [1.165, 1.54) is 7.11 Å². The lowest BCUT2D eigenvalue weighted by atomic mass is 9.92.